The van der Waals surface area contributed by atoms with Gasteiger partial charge in [-0.05, 0) is 36.6 Å². The number of aliphatic hydroxyl groups is 1. The van der Waals surface area contributed by atoms with E-state index in [9.17, 15) is 9.90 Å². The SMILES string of the molecule is CCOc1ccc(CC(=O)NCCC(O)c2ccccc2)cc1. The van der Waals surface area contributed by atoms with Crippen molar-refractivity contribution in [3.63, 3.8) is 0 Å². The molecule has 0 aliphatic carbocycles. The molecule has 1 amide bonds. The Morgan fingerprint density at radius 1 is 1.13 bits per heavy atom. The zero-order valence-electron chi connectivity index (χ0n) is 13.4. The van der Waals surface area contributed by atoms with Gasteiger partial charge in [0.05, 0.1) is 19.1 Å². The maximum absolute atomic E-state index is 11.9. The van der Waals surface area contributed by atoms with Crippen molar-refractivity contribution in [2.45, 2.75) is 25.9 Å². The second kappa shape index (κ2) is 8.96. The Bertz CT molecular complexity index is 596. The maximum Gasteiger partial charge on any atom is 0.224 e. The number of benzene rings is 2. The molecule has 0 aliphatic rings. The topological polar surface area (TPSA) is 58.6 Å². The first-order valence-electron chi connectivity index (χ1n) is 7.90. The molecule has 2 rings (SSSR count). The van der Waals surface area contributed by atoms with Gasteiger partial charge in [-0.25, -0.2) is 0 Å². The first-order chi connectivity index (χ1) is 11.2. The van der Waals surface area contributed by atoms with Crippen LogP contribution in [0.5, 0.6) is 5.75 Å². The minimum atomic E-state index is -0.554. The van der Waals surface area contributed by atoms with E-state index < -0.39 is 6.10 Å². The molecule has 23 heavy (non-hydrogen) atoms. The fourth-order valence-corrected chi connectivity index (χ4v) is 2.31. The van der Waals surface area contributed by atoms with Gasteiger partial charge in [-0.15, -0.1) is 0 Å². The van der Waals surface area contributed by atoms with Crippen molar-refractivity contribution in [2.24, 2.45) is 0 Å². The van der Waals surface area contributed by atoms with Crippen molar-refractivity contribution >= 4 is 5.91 Å². The van der Waals surface area contributed by atoms with E-state index in [2.05, 4.69) is 5.32 Å². The molecule has 0 spiro atoms. The fraction of sp³-hybridized carbons (Fsp3) is 0.316. The molecule has 0 heterocycles. The van der Waals surface area contributed by atoms with E-state index in [-0.39, 0.29) is 5.91 Å². The van der Waals surface area contributed by atoms with Crippen LogP contribution in [0.2, 0.25) is 0 Å². The largest absolute Gasteiger partial charge is 0.494 e. The Kier molecular flexibility index (Phi) is 6.63. The van der Waals surface area contributed by atoms with Crippen molar-refractivity contribution in [1.29, 1.82) is 0 Å². The van der Waals surface area contributed by atoms with Crippen LogP contribution in [0.15, 0.2) is 54.6 Å². The van der Waals surface area contributed by atoms with Crippen LogP contribution < -0.4 is 10.1 Å². The molecule has 4 nitrogen and oxygen atoms in total. The highest BCUT2D eigenvalue weighted by molar-refractivity contribution is 5.78. The van der Waals surface area contributed by atoms with E-state index in [1.165, 1.54) is 0 Å². The van der Waals surface area contributed by atoms with Gasteiger partial charge < -0.3 is 15.2 Å². The summed E-state index contributed by atoms with van der Waals surface area (Å²) >= 11 is 0. The molecular weight excluding hydrogens is 290 g/mol. The monoisotopic (exact) mass is 313 g/mol. The molecule has 0 saturated carbocycles. The van der Waals surface area contributed by atoms with Crippen molar-refractivity contribution in [2.75, 3.05) is 13.2 Å². The standard InChI is InChI=1S/C19H23NO3/c1-2-23-17-10-8-15(9-11-17)14-19(22)20-13-12-18(21)16-6-4-3-5-7-16/h3-11,18,21H,2,12-14H2,1H3,(H,20,22). The first kappa shape index (κ1) is 17.0. The van der Waals surface area contributed by atoms with Crippen molar-refractivity contribution in [3.05, 3.63) is 65.7 Å². The summed E-state index contributed by atoms with van der Waals surface area (Å²) in [5.74, 6) is 0.761. The third kappa shape index (κ3) is 5.75. The average molecular weight is 313 g/mol. The van der Waals surface area contributed by atoms with Crippen LogP contribution in [-0.4, -0.2) is 24.2 Å². The summed E-state index contributed by atoms with van der Waals surface area (Å²) in [4.78, 5) is 11.9. The molecule has 1 unspecified atom stereocenters. The van der Waals surface area contributed by atoms with Gasteiger partial charge in [-0.3, -0.25) is 4.79 Å². The third-order valence-corrected chi connectivity index (χ3v) is 3.52. The predicted octanol–water partition coefficient (Wildman–Crippen LogP) is 2.87. The number of hydrogen-bond acceptors (Lipinski definition) is 3. The fourth-order valence-electron chi connectivity index (χ4n) is 2.31. The van der Waals surface area contributed by atoms with E-state index in [1.807, 2.05) is 61.5 Å². The number of amides is 1. The third-order valence-electron chi connectivity index (χ3n) is 3.52. The van der Waals surface area contributed by atoms with Gasteiger partial charge in [0.2, 0.25) is 5.91 Å². The summed E-state index contributed by atoms with van der Waals surface area (Å²) in [6.45, 7) is 3.01. The predicted molar refractivity (Wildman–Crippen MR) is 90.3 cm³/mol. The van der Waals surface area contributed by atoms with Crippen LogP contribution in [0.1, 0.15) is 30.6 Å². The van der Waals surface area contributed by atoms with Gasteiger partial charge in [0.15, 0.2) is 0 Å². The van der Waals surface area contributed by atoms with E-state index in [1.54, 1.807) is 0 Å². The van der Waals surface area contributed by atoms with Crippen molar-refractivity contribution in [1.82, 2.24) is 5.32 Å². The summed E-state index contributed by atoms with van der Waals surface area (Å²) in [6.07, 6.45) is 0.273. The molecular formula is C19H23NO3. The highest BCUT2D eigenvalue weighted by Gasteiger charge is 2.08. The summed E-state index contributed by atoms with van der Waals surface area (Å²) in [7, 11) is 0. The van der Waals surface area contributed by atoms with Crippen LogP contribution in [0.3, 0.4) is 0 Å². The number of rotatable bonds is 8. The van der Waals surface area contributed by atoms with Crippen LogP contribution in [-0.2, 0) is 11.2 Å². The number of carbonyl (C=O) groups excluding carboxylic acids is 1. The highest BCUT2D eigenvalue weighted by atomic mass is 16.5. The molecule has 0 fully saturated rings. The summed E-state index contributed by atoms with van der Waals surface area (Å²) < 4.78 is 5.37. The van der Waals surface area contributed by atoms with Gasteiger partial charge in [-0.1, -0.05) is 42.5 Å². The zero-order valence-corrected chi connectivity index (χ0v) is 13.4. The molecule has 0 aliphatic heterocycles. The second-order valence-corrected chi connectivity index (χ2v) is 5.32. The van der Waals surface area contributed by atoms with Crippen molar-refractivity contribution < 1.29 is 14.6 Å². The smallest absolute Gasteiger partial charge is 0.224 e. The summed E-state index contributed by atoms with van der Waals surface area (Å²) in [5, 5.41) is 12.9. The van der Waals surface area contributed by atoms with Gasteiger partial charge in [-0.2, -0.15) is 0 Å². The van der Waals surface area contributed by atoms with Gasteiger partial charge in [0, 0.05) is 6.54 Å². The highest BCUT2D eigenvalue weighted by Crippen LogP contribution is 2.15. The van der Waals surface area contributed by atoms with Crippen LogP contribution in [0.25, 0.3) is 0 Å². The Hall–Kier alpha value is -2.33. The Balaban J connectivity index is 1.72. The van der Waals surface area contributed by atoms with Crippen LogP contribution >= 0.6 is 0 Å². The number of hydrogen-bond donors (Lipinski definition) is 2. The normalized spacial score (nSPS) is 11.7. The summed E-state index contributed by atoms with van der Waals surface area (Å²) in [5.41, 5.74) is 1.81. The molecule has 2 aromatic rings. The first-order valence-corrected chi connectivity index (χ1v) is 7.90. The lowest BCUT2D eigenvalue weighted by Crippen LogP contribution is -2.27. The summed E-state index contributed by atoms with van der Waals surface area (Å²) in [6, 6.07) is 17.0. The molecule has 122 valence electrons. The molecule has 0 radical (unpaired) electrons. The lowest BCUT2D eigenvalue weighted by molar-refractivity contribution is -0.120. The molecule has 4 heteroatoms. The van der Waals surface area contributed by atoms with Gasteiger partial charge >= 0.3 is 0 Å². The molecule has 0 saturated heterocycles. The Morgan fingerprint density at radius 2 is 1.83 bits per heavy atom. The van der Waals surface area contributed by atoms with Gasteiger partial charge in [0.1, 0.15) is 5.75 Å². The molecule has 0 bridgehead atoms. The van der Waals surface area contributed by atoms with E-state index in [0.717, 1.165) is 16.9 Å². The number of nitrogens with one attached hydrogen (secondary N) is 1. The minimum Gasteiger partial charge on any atom is -0.494 e. The number of carbonyl (C=O) groups is 1. The van der Waals surface area contributed by atoms with E-state index in [4.69, 9.17) is 4.74 Å². The van der Waals surface area contributed by atoms with Crippen molar-refractivity contribution in [3.8, 4) is 5.75 Å². The second-order valence-electron chi connectivity index (χ2n) is 5.32. The minimum absolute atomic E-state index is 0.0468. The quantitative estimate of drug-likeness (QED) is 0.788. The molecule has 0 aromatic heterocycles. The van der Waals surface area contributed by atoms with Crippen LogP contribution in [0.4, 0.5) is 0 Å². The lowest BCUT2D eigenvalue weighted by Gasteiger charge is -2.11. The zero-order chi connectivity index (χ0) is 16.5. The van der Waals surface area contributed by atoms with E-state index >= 15 is 0 Å². The number of aliphatic hydroxyl groups excluding tert-OH is 1. The van der Waals surface area contributed by atoms with E-state index in [0.29, 0.717) is 26.0 Å². The molecule has 1 atom stereocenters. The number of ether oxygens (including phenoxy) is 1. The Morgan fingerprint density at radius 3 is 2.48 bits per heavy atom. The average Bonchev–Trinajstić information content (AvgIpc) is 2.57. The van der Waals surface area contributed by atoms with Gasteiger partial charge in [0.25, 0.3) is 0 Å². The Labute approximate surface area is 137 Å². The molecule has 2 aromatic carbocycles. The molecule has 2 N–H and O–H groups in total. The van der Waals surface area contributed by atoms with Crippen LogP contribution in [0, 0.1) is 0 Å². The maximum atomic E-state index is 11.9. The lowest BCUT2D eigenvalue weighted by atomic mass is 10.1.